The van der Waals surface area contributed by atoms with Crippen molar-refractivity contribution >= 4 is 0 Å². The minimum atomic E-state index is 0.817. The summed E-state index contributed by atoms with van der Waals surface area (Å²) in [6.45, 7) is 5.55. The minimum Gasteiger partial charge on any atom is -0.384 e. The first kappa shape index (κ1) is 20.0. The third-order valence-corrected chi connectivity index (χ3v) is 4.33. The van der Waals surface area contributed by atoms with Crippen LogP contribution in [0.25, 0.3) is 0 Å². The second-order valence-corrected chi connectivity index (χ2v) is 6.43. The molecule has 0 aliphatic carbocycles. The van der Waals surface area contributed by atoms with Crippen molar-refractivity contribution in [3.05, 3.63) is 0 Å². The summed E-state index contributed by atoms with van der Waals surface area (Å²) >= 11 is 0. The first-order valence-corrected chi connectivity index (χ1v) is 9.34. The van der Waals surface area contributed by atoms with Gasteiger partial charge in [-0.05, 0) is 18.8 Å². The van der Waals surface area contributed by atoms with E-state index in [9.17, 15) is 0 Å². The Morgan fingerprint density at radius 3 is 1.40 bits per heavy atom. The lowest BCUT2D eigenvalue weighted by Gasteiger charge is -2.15. The molecular weight excluding hydrogens is 244 g/mol. The second-order valence-electron chi connectivity index (χ2n) is 6.43. The van der Waals surface area contributed by atoms with Gasteiger partial charge in [-0.3, -0.25) is 0 Å². The highest BCUT2D eigenvalue weighted by molar-refractivity contribution is 4.60. The van der Waals surface area contributed by atoms with Gasteiger partial charge in [0.1, 0.15) is 0 Å². The average Bonchev–Trinajstić information content (AvgIpc) is 2.46. The number of ether oxygens (including phenoxy) is 1. The van der Waals surface area contributed by atoms with Crippen LogP contribution in [-0.4, -0.2) is 13.7 Å². The van der Waals surface area contributed by atoms with Gasteiger partial charge in [-0.1, -0.05) is 90.9 Å². The van der Waals surface area contributed by atoms with Crippen molar-refractivity contribution in [3.8, 4) is 0 Å². The van der Waals surface area contributed by atoms with E-state index >= 15 is 0 Å². The van der Waals surface area contributed by atoms with Crippen LogP contribution in [0.2, 0.25) is 0 Å². The molecule has 0 amide bonds. The predicted molar refractivity (Wildman–Crippen MR) is 91.4 cm³/mol. The summed E-state index contributed by atoms with van der Waals surface area (Å²) < 4.78 is 5.39. The molecule has 0 rings (SSSR count). The van der Waals surface area contributed by atoms with Gasteiger partial charge in [0.15, 0.2) is 0 Å². The molecule has 0 radical (unpaired) electrons. The Balaban J connectivity index is 3.44. The van der Waals surface area contributed by atoms with Gasteiger partial charge in [0.05, 0.1) is 0 Å². The molecule has 1 atom stereocenters. The molecule has 0 fully saturated rings. The monoisotopic (exact) mass is 284 g/mol. The van der Waals surface area contributed by atoms with Crippen molar-refractivity contribution < 1.29 is 4.74 Å². The van der Waals surface area contributed by atoms with Crippen molar-refractivity contribution in [1.29, 1.82) is 0 Å². The van der Waals surface area contributed by atoms with Crippen LogP contribution >= 0.6 is 0 Å². The zero-order chi connectivity index (χ0) is 14.9. The number of hydrogen-bond acceptors (Lipinski definition) is 1. The Morgan fingerprint density at radius 2 is 1.00 bits per heavy atom. The second kappa shape index (κ2) is 17.0. The van der Waals surface area contributed by atoms with Gasteiger partial charge in [0.2, 0.25) is 0 Å². The Morgan fingerprint density at radius 1 is 0.600 bits per heavy atom. The number of rotatable bonds is 16. The topological polar surface area (TPSA) is 9.23 Å². The van der Waals surface area contributed by atoms with Crippen LogP contribution in [0.3, 0.4) is 0 Å². The molecule has 1 heteroatoms. The van der Waals surface area contributed by atoms with Crippen LogP contribution in [0.15, 0.2) is 0 Å². The molecule has 20 heavy (non-hydrogen) atoms. The molecule has 0 spiro atoms. The minimum absolute atomic E-state index is 0.817. The van der Waals surface area contributed by atoms with Crippen molar-refractivity contribution in [2.45, 2.75) is 104 Å². The zero-order valence-electron chi connectivity index (χ0n) is 14.6. The fourth-order valence-corrected chi connectivity index (χ4v) is 2.97. The largest absolute Gasteiger partial charge is 0.384 e. The van der Waals surface area contributed by atoms with Gasteiger partial charge in [-0.25, -0.2) is 0 Å². The smallest absolute Gasteiger partial charge is 0.0490 e. The van der Waals surface area contributed by atoms with Gasteiger partial charge in [0, 0.05) is 13.7 Å². The van der Waals surface area contributed by atoms with E-state index in [4.69, 9.17) is 4.74 Å². The van der Waals surface area contributed by atoms with Crippen molar-refractivity contribution in [1.82, 2.24) is 0 Å². The lowest BCUT2D eigenvalue weighted by atomic mass is 9.95. The molecule has 1 unspecified atom stereocenters. The van der Waals surface area contributed by atoms with Crippen LogP contribution in [0, 0.1) is 5.92 Å². The third-order valence-electron chi connectivity index (χ3n) is 4.33. The maximum absolute atomic E-state index is 5.39. The van der Waals surface area contributed by atoms with Crippen LogP contribution in [0.1, 0.15) is 104 Å². The highest BCUT2D eigenvalue weighted by atomic mass is 16.5. The fraction of sp³-hybridized carbons (Fsp3) is 1.00. The standard InChI is InChI=1S/C19H40O/c1-4-6-8-10-11-13-15-17-19(18-20-3)16-14-12-9-7-5-2/h19H,4-18H2,1-3H3. The van der Waals surface area contributed by atoms with E-state index in [1.165, 1.54) is 89.9 Å². The molecule has 0 aliphatic rings. The number of hydrogen-bond donors (Lipinski definition) is 0. The van der Waals surface area contributed by atoms with Crippen molar-refractivity contribution in [2.24, 2.45) is 5.92 Å². The molecule has 0 bridgehead atoms. The molecule has 0 aromatic rings. The summed E-state index contributed by atoms with van der Waals surface area (Å²) in [5.74, 6) is 0.817. The van der Waals surface area contributed by atoms with Gasteiger partial charge in [-0.15, -0.1) is 0 Å². The van der Waals surface area contributed by atoms with Gasteiger partial charge in [-0.2, -0.15) is 0 Å². The normalized spacial score (nSPS) is 12.8. The highest BCUT2D eigenvalue weighted by Gasteiger charge is 2.08. The first-order chi connectivity index (χ1) is 9.85. The molecular formula is C19H40O. The van der Waals surface area contributed by atoms with E-state index in [-0.39, 0.29) is 0 Å². The van der Waals surface area contributed by atoms with Crippen LogP contribution in [-0.2, 0) is 4.74 Å². The highest BCUT2D eigenvalue weighted by Crippen LogP contribution is 2.19. The predicted octanol–water partition coefficient (Wildman–Crippen LogP) is 6.75. The summed E-state index contributed by atoms with van der Waals surface area (Å²) in [5, 5.41) is 0. The van der Waals surface area contributed by atoms with Gasteiger partial charge >= 0.3 is 0 Å². The molecule has 122 valence electrons. The zero-order valence-corrected chi connectivity index (χ0v) is 14.6. The Hall–Kier alpha value is -0.0400. The Kier molecular flexibility index (Phi) is 17.0. The SMILES string of the molecule is CCCCCCCCCC(CCCCCCC)COC. The van der Waals surface area contributed by atoms with Gasteiger partial charge < -0.3 is 4.74 Å². The molecule has 0 saturated heterocycles. The lowest BCUT2D eigenvalue weighted by Crippen LogP contribution is -2.08. The molecule has 0 saturated carbocycles. The summed E-state index contributed by atoms with van der Waals surface area (Å²) in [6, 6.07) is 0. The van der Waals surface area contributed by atoms with E-state index in [0.29, 0.717) is 0 Å². The molecule has 0 heterocycles. The van der Waals surface area contributed by atoms with Crippen LogP contribution in [0.4, 0.5) is 0 Å². The third kappa shape index (κ3) is 14.4. The fourth-order valence-electron chi connectivity index (χ4n) is 2.97. The van der Waals surface area contributed by atoms with E-state index in [2.05, 4.69) is 13.8 Å². The first-order valence-electron chi connectivity index (χ1n) is 9.34. The van der Waals surface area contributed by atoms with Crippen LogP contribution < -0.4 is 0 Å². The lowest BCUT2D eigenvalue weighted by molar-refractivity contribution is 0.140. The quantitative estimate of drug-likeness (QED) is 0.285. The number of unbranched alkanes of at least 4 members (excludes halogenated alkanes) is 10. The Bertz CT molecular complexity index is 167. The molecule has 0 aromatic heterocycles. The maximum atomic E-state index is 5.39. The van der Waals surface area contributed by atoms with E-state index in [0.717, 1.165) is 12.5 Å². The summed E-state index contributed by atoms with van der Waals surface area (Å²) in [7, 11) is 1.86. The maximum Gasteiger partial charge on any atom is 0.0490 e. The van der Waals surface area contributed by atoms with E-state index < -0.39 is 0 Å². The van der Waals surface area contributed by atoms with Gasteiger partial charge in [0.25, 0.3) is 0 Å². The summed E-state index contributed by atoms with van der Waals surface area (Å²) in [6.07, 6.45) is 19.7. The van der Waals surface area contributed by atoms with Crippen molar-refractivity contribution in [3.63, 3.8) is 0 Å². The Labute approximate surface area is 128 Å². The van der Waals surface area contributed by atoms with Crippen LogP contribution in [0.5, 0.6) is 0 Å². The molecule has 0 aliphatic heterocycles. The summed E-state index contributed by atoms with van der Waals surface area (Å²) in [5.41, 5.74) is 0. The number of methoxy groups -OCH3 is 1. The van der Waals surface area contributed by atoms with E-state index in [1.807, 2.05) is 7.11 Å². The molecule has 0 aromatic carbocycles. The van der Waals surface area contributed by atoms with Crippen molar-refractivity contribution in [2.75, 3.05) is 13.7 Å². The average molecular weight is 285 g/mol. The summed E-state index contributed by atoms with van der Waals surface area (Å²) in [4.78, 5) is 0. The van der Waals surface area contributed by atoms with E-state index in [1.54, 1.807) is 0 Å². The molecule has 0 N–H and O–H groups in total. The molecule has 1 nitrogen and oxygen atoms in total.